The minimum absolute atomic E-state index is 0.0638. The standard InChI is InChI=1S/C14H17Br2NO3/c1-3-4-9(2)17-13(19)8-20-14-11(15)5-10(7-18)6-12(14)16/h5-7,9H,3-4,8H2,1-2H3,(H,17,19). The Bertz CT molecular complexity index is 468. The number of ether oxygens (including phenoxy) is 1. The fourth-order valence-electron chi connectivity index (χ4n) is 1.74. The molecule has 0 saturated heterocycles. The zero-order valence-corrected chi connectivity index (χ0v) is 14.6. The summed E-state index contributed by atoms with van der Waals surface area (Å²) in [7, 11) is 0. The largest absolute Gasteiger partial charge is 0.481 e. The first kappa shape index (κ1) is 17.2. The summed E-state index contributed by atoms with van der Waals surface area (Å²) in [5.74, 6) is 0.345. The predicted octanol–water partition coefficient (Wildman–Crippen LogP) is 3.71. The van der Waals surface area contributed by atoms with E-state index >= 15 is 0 Å². The SMILES string of the molecule is CCCC(C)NC(=O)COc1c(Br)cc(C=O)cc1Br. The van der Waals surface area contributed by atoms with Crippen LogP contribution >= 0.6 is 31.9 Å². The van der Waals surface area contributed by atoms with Crippen LogP contribution < -0.4 is 10.1 Å². The maximum absolute atomic E-state index is 11.7. The van der Waals surface area contributed by atoms with Gasteiger partial charge in [-0.25, -0.2) is 0 Å². The van der Waals surface area contributed by atoms with Gasteiger partial charge in [-0.2, -0.15) is 0 Å². The van der Waals surface area contributed by atoms with Crippen molar-refractivity contribution in [3.63, 3.8) is 0 Å². The molecule has 0 radical (unpaired) electrons. The maximum Gasteiger partial charge on any atom is 0.258 e. The third-order valence-electron chi connectivity index (χ3n) is 2.63. The van der Waals surface area contributed by atoms with Crippen LogP contribution in [-0.4, -0.2) is 24.8 Å². The van der Waals surface area contributed by atoms with Gasteiger partial charge in [0.1, 0.15) is 12.0 Å². The molecule has 1 atom stereocenters. The number of amides is 1. The topological polar surface area (TPSA) is 55.4 Å². The number of rotatable bonds is 7. The Kier molecular flexibility index (Phi) is 7.23. The summed E-state index contributed by atoms with van der Waals surface area (Å²) in [4.78, 5) is 22.4. The molecule has 1 aromatic carbocycles. The van der Waals surface area contributed by atoms with Crippen LogP contribution in [0, 0.1) is 0 Å². The first-order valence-corrected chi connectivity index (χ1v) is 7.92. The molecular weight excluding hydrogens is 390 g/mol. The van der Waals surface area contributed by atoms with E-state index in [-0.39, 0.29) is 18.6 Å². The summed E-state index contributed by atoms with van der Waals surface area (Å²) < 4.78 is 6.74. The highest BCUT2D eigenvalue weighted by molar-refractivity contribution is 9.11. The van der Waals surface area contributed by atoms with E-state index < -0.39 is 0 Å². The second kappa shape index (κ2) is 8.42. The Morgan fingerprint density at radius 3 is 2.50 bits per heavy atom. The summed E-state index contributed by atoms with van der Waals surface area (Å²) in [6.45, 7) is 3.97. The van der Waals surface area contributed by atoms with E-state index in [2.05, 4.69) is 44.1 Å². The van der Waals surface area contributed by atoms with Crippen molar-refractivity contribution in [2.24, 2.45) is 0 Å². The van der Waals surface area contributed by atoms with Crippen molar-refractivity contribution in [2.75, 3.05) is 6.61 Å². The molecule has 0 aliphatic carbocycles. The van der Waals surface area contributed by atoms with Gasteiger partial charge in [0, 0.05) is 11.6 Å². The Labute approximate surface area is 135 Å². The van der Waals surface area contributed by atoms with Crippen LogP contribution in [-0.2, 0) is 4.79 Å². The molecule has 0 aliphatic rings. The third kappa shape index (κ3) is 5.25. The molecule has 0 aliphatic heterocycles. The van der Waals surface area contributed by atoms with E-state index in [4.69, 9.17) is 4.74 Å². The van der Waals surface area contributed by atoms with E-state index in [1.807, 2.05) is 6.92 Å². The van der Waals surface area contributed by atoms with Gasteiger partial charge < -0.3 is 10.1 Å². The van der Waals surface area contributed by atoms with E-state index in [1.165, 1.54) is 0 Å². The average molecular weight is 407 g/mol. The molecule has 0 spiro atoms. The molecule has 0 saturated carbocycles. The molecule has 1 aromatic rings. The zero-order chi connectivity index (χ0) is 15.1. The molecule has 1 N–H and O–H groups in total. The number of hydrogen-bond acceptors (Lipinski definition) is 3. The molecule has 0 aromatic heterocycles. The number of aldehydes is 1. The van der Waals surface area contributed by atoms with Gasteiger partial charge in [-0.15, -0.1) is 0 Å². The van der Waals surface area contributed by atoms with Crippen molar-refractivity contribution in [1.82, 2.24) is 5.32 Å². The fraction of sp³-hybridized carbons (Fsp3) is 0.429. The summed E-state index contributed by atoms with van der Waals surface area (Å²) in [6, 6.07) is 3.43. The average Bonchev–Trinajstić information content (AvgIpc) is 2.37. The molecule has 110 valence electrons. The summed E-state index contributed by atoms with van der Waals surface area (Å²) in [5.41, 5.74) is 0.525. The lowest BCUT2D eigenvalue weighted by Crippen LogP contribution is -2.36. The molecule has 6 heteroatoms. The van der Waals surface area contributed by atoms with Gasteiger partial charge in [-0.05, 0) is 57.3 Å². The van der Waals surface area contributed by atoms with E-state index in [1.54, 1.807) is 12.1 Å². The number of halogens is 2. The Balaban J connectivity index is 2.62. The van der Waals surface area contributed by atoms with Crippen LogP contribution in [0.1, 0.15) is 37.0 Å². The van der Waals surface area contributed by atoms with Gasteiger partial charge in [-0.1, -0.05) is 13.3 Å². The van der Waals surface area contributed by atoms with Crippen molar-refractivity contribution >= 4 is 44.1 Å². The quantitative estimate of drug-likeness (QED) is 0.702. The van der Waals surface area contributed by atoms with Crippen LogP contribution in [0.3, 0.4) is 0 Å². The summed E-state index contributed by atoms with van der Waals surface area (Å²) >= 11 is 6.64. The summed E-state index contributed by atoms with van der Waals surface area (Å²) in [6.07, 6.45) is 2.71. The van der Waals surface area contributed by atoms with Crippen molar-refractivity contribution < 1.29 is 14.3 Å². The van der Waals surface area contributed by atoms with Crippen LogP contribution in [0.2, 0.25) is 0 Å². The highest BCUT2D eigenvalue weighted by Crippen LogP contribution is 2.34. The number of nitrogens with one attached hydrogen (secondary N) is 1. The molecular formula is C14H17Br2NO3. The van der Waals surface area contributed by atoms with Gasteiger partial charge in [0.2, 0.25) is 0 Å². The third-order valence-corrected chi connectivity index (χ3v) is 3.81. The van der Waals surface area contributed by atoms with Gasteiger partial charge in [0.25, 0.3) is 5.91 Å². The molecule has 0 bridgehead atoms. The molecule has 1 unspecified atom stereocenters. The first-order chi connectivity index (χ1) is 9.47. The van der Waals surface area contributed by atoms with Gasteiger partial charge in [0.05, 0.1) is 8.95 Å². The molecule has 0 heterocycles. The van der Waals surface area contributed by atoms with E-state index in [0.29, 0.717) is 20.3 Å². The Hall–Kier alpha value is -0.880. The molecule has 1 rings (SSSR count). The smallest absolute Gasteiger partial charge is 0.258 e. The molecule has 1 amide bonds. The lowest BCUT2D eigenvalue weighted by Gasteiger charge is -2.14. The number of benzene rings is 1. The van der Waals surface area contributed by atoms with Crippen molar-refractivity contribution in [3.8, 4) is 5.75 Å². The number of hydrogen-bond donors (Lipinski definition) is 1. The lowest BCUT2D eigenvalue weighted by molar-refractivity contribution is -0.123. The van der Waals surface area contributed by atoms with Gasteiger partial charge in [0.15, 0.2) is 6.61 Å². The minimum Gasteiger partial charge on any atom is -0.481 e. The van der Waals surface area contributed by atoms with Gasteiger partial charge in [-0.3, -0.25) is 9.59 Å². The molecule has 4 nitrogen and oxygen atoms in total. The van der Waals surface area contributed by atoms with Crippen molar-refractivity contribution in [1.29, 1.82) is 0 Å². The Morgan fingerprint density at radius 2 is 2.00 bits per heavy atom. The van der Waals surface area contributed by atoms with Crippen LogP contribution in [0.25, 0.3) is 0 Å². The fourth-order valence-corrected chi connectivity index (χ4v) is 3.20. The molecule has 0 fully saturated rings. The number of carbonyl (C=O) groups excluding carboxylic acids is 2. The van der Waals surface area contributed by atoms with E-state index in [9.17, 15) is 9.59 Å². The van der Waals surface area contributed by atoms with E-state index in [0.717, 1.165) is 19.1 Å². The summed E-state index contributed by atoms with van der Waals surface area (Å²) in [5, 5.41) is 2.86. The highest BCUT2D eigenvalue weighted by Gasteiger charge is 2.12. The molecule has 20 heavy (non-hydrogen) atoms. The van der Waals surface area contributed by atoms with Crippen LogP contribution in [0.4, 0.5) is 0 Å². The van der Waals surface area contributed by atoms with Crippen molar-refractivity contribution in [2.45, 2.75) is 32.7 Å². The number of carbonyl (C=O) groups is 2. The Morgan fingerprint density at radius 1 is 1.40 bits per heavy atom. The maximum atomic E-state index is 11.7. The van der Waals surface area contributed by atoms with Gasteiger partial charge >= 0.3 is 0 Å². The monoisotopic (exact) mass is 405 g/mol. The highest BCUT2D eigenvalue weighted by atomic mass is 79.9. The second-order valence-electron chi connectivity index (χ2n) is 4.48. The van der Waals surface area contributed by atoms with Crippen molar-refractivity contribution in [3.05, 3.63) is 26.6 Å². The normalized spacial score (nSPS) is 11.8. The minimum atomic E-state index is -0.163. The lowest BCUT2D eigenvalue weighted by atomic mass is 10.2. The van der Waals surface area contributed by atoms with Crippen LogP contribution in [0.5, 0.6) is 5.75 Å². The van der Waals surface area contributed by atoms with Crippen LogP contribution in [0.15, 0.2) is 21.1 Å². The second-order valence-corrected chi connectivity index (χ2v) is 6.19. The predicted molar refractivity (Wildman–Crippen MR) is 85.2 cm³/mol. The zero-order valence-electron chi connectivity index (χ0n) is 11.4. The first-order valence-electron chi connectivity index (χ1n) is 6.34.